The summed E-state index contributed by atoms with van der Waals surface area (Å²) in [6.07, 6.45) is 5.16. The quantitative estimate of drug-likeness (QED) is 0.814. The largest absolute Gasteiger partial charge is 0.440 e. The second-order valence-electron chi connectivity index (χ2n) is 5.92. The van der Waals surface area contributed by atoms with Gasteiger partial charge in [0.2, 0.25) is 5.88 Å². The van der Waals surface area contributed by atoms with Crippen LogP contribution in [-0.2, 0) is 4.74 Å². The Hall–Kier alpha value is -2.29. The third kappa shape index (κ3) is 2.58. The van der Waals surface area contributed by atoms with E-state index in [1.807, 2.05) is 5.38 Å². The number of hydrogen-bond donors (Lipinski definition) is 1. The van der Waals surface area contributed by atoms with Crippen LogP contribution < -0.4 is 5.73 Å². The van der Waals surface area contributed by atoms with Crippen LogP contribution in [0.5, 0.6) is 0 Å². The van der Waals surface area contributed by atoms with Gasteiger partial charge < -0.3 is 10.5 Å². The van der Waals surface area contributed by atoms with Crippen molar-refractivity contribution in [2.75, 3.05) is 0 Å². The van der Waals surface area contributed by atoms with E-state index in [1.165, 1.54) is 16.7 Å². The topological polar surface area (TPSA) is 59.0 Å². The first-order valence-corrected chi connectivity index (χ1v) is 9.72. The van der Waals surface area contributed by atoms with Crippen molar-refractivity contribution in [3.63, 3.8) is 0 Å². The molecule has 1 atom stereocenters. The molecule has 2 aromatic heterocycles. The standard InChI is InChI=1S/C19H16N2OS2/c20-9-16-17(14-5-7-24-11-14)15-3-1-2-13(18(15)22-19(16)21)8-12-4-6-23-10-12/h4-8,10-11,17H,1-3,21H2/b13-8+. The number of allylic oxidation sites excluding steroid dienone is 3. The summed E-state index contributed by atoms with van der Waals surface area (Å²) < 4.78 is 5.94. The molecule has 5 heteroatoms. The fourth-order valence-corrected chi connectivity index (χ4v) is 4.72. The number of rotatable bonds is 2. The van der Waals surface area contributed by atoms with E-state index in [9.17, 15) is 5.26 Å². The highest BCUT2D eigenvalue weighted by atomic mass is 32.1. The number of ether oxygens (including phenoxy) is 1. The maximum atomic E-state index is 9.59. The summed E-state index contributed by atoms with van der Waals surface area (Å²) in [5, 5.41) is 17.9. The molecule has 4 rings (SSSR count). The van der Waals surface area contributed by atoms with Crippen molar-refractivity contribution >= 4 is 28.7 Å². The third-order valence-electron chi connectivity index (χ3n) is 4.47. The molecule has 2 aromatic rings. The minimum Gasteiger partial charge on any atom is -0.440 e. The number of hydrogen-bond acceptors (Lipinski definition) is 5. The van der Waals surface area contributed by atoms with Gasteiger partial charge in [0, 0.05) is 0 Å². The van der Waals surface area contributed by atoms with Crippen molar-refractivity contribution in [2.24, 2.45) is 5.73 Å². The predicted octanol–water partition coefficient (Wildman–Crippen LogP) is 5.14. The summed E-state index contributed by atoms with van der Waals surface area (Å²) in [7, 11) is 0. The lowest BCUT2D eigenvalue weighted by atomic mass is 9.77. The molecule has 0 saturated heterocycles. The average molecular weight is 352 g/mol. The van der Waals surface area contributed by atoms with Gasteiger partial charge in [0.15, 0.2) is 0 Å². The summed E-state index contributed by atoms with van der Waals surface area (Å²) >= 11 is 3.32. The van der Waals surface area contributed by atoms with Crippen molar-refractivity contribution < 1.29 is 4.74 Å². The number of nitrogens with two attached hydrogens (primary N) is 1. The predicted molar refractivity (Wildman–Crippen MR) is 98.1 cm³/mol. The van der Waals surface area contributed by atoms with Crippen molar-refractivity contribution in [3.05, 3.63) is 73.1 Å². The molecular formula is C19H16N2OS2. The SMILES string of the molecule is N#CC1=C(N)OC2=C(CCC/C2=C\c2ccsc2)C1c1ccsc1. The van der Waals surface area contributed by atoms with E-state index in [2.05, 4.69) is 40.4 Å². The van der Waals surface area contributed by atoms with Crippen LogP contribution in [-0.4, -0.2) is 0 Å². The monoisotopic (exact) mass is 352 g/mol. The molecule has 3 nitrogen and oxygen atoms in total. The smallest absolute Gasteiger partial charge is 0.205 e. The van der Waals surface area contributed by atoms with E-state index in [1.54, 1.807) is 22.7 Å². The third-order valence-corrected chi connectivity index (χ3v) is 5.87. The van der Waals surface area contributed by atoms with Crippen LogP contribution in [0.3, 0.4) is 0 Å². The molecule has 0 amide bonds. The van der Waals surface area contributed by atoms with Crippen LogP contribution in [0, 0.1) is 11.3 Å². The first-order chi connectivity index (χ1) is 11.8. The number of nitriles is 1. The molecule has 1 aliphatic carbocycles. The lowest BCUT2D eigenvalue weighted by molar-refractivity contribution is 0.277. The average Bonchev–Trinajstić information content (AvgIpc) is 3.28. The Morgan fingerprint density at radius 1 is 1.21 bits per heavy atom. The molecule has 2 aliphatic rings. The molecule has 0 radical (unpaired) electrons. The first-order valence-electron chi connectivity index (χ1n) is 7.84. The molecule has 0 aromatic carbocycles. The summed E-state index contributed by atoms with van der Waals surface area (Å²) in [5.41, 5.74) is 11.3. The van der Waals surface area contributed by atoms with Crippen LogP contribution >= 0.6 is 22.7 Å². The summed E-state index contributed by atoms with van der Waals surface area (Å²) in [6.45, 7) is 0. The fourth-order valence-electron chi connectivity index (χ4n) is 3.41. The highest BCUT2D eigenvalue weighted by Gasteiger charge is 2.35. The van der Waals surface area contributed by atoms with Gasteiger partial charge in [-0.25, -0.2) is 0 Å². The zero-order valence-electron chi connectivity index (χ0n) is 13.0. The highest BCUT2D eigenvalue weighted by Crippen LogP contribution is 2.47. The van der Waals surface area contributed by atoms with Crippen molar-refractivity contribution in [1.29, 1.82) is 5.26 Å². The second-order valence-corrected chi connectivity index (χ2v) is 7.48. The summed E-state index contributed by atoms with van der Waals surface area (Å²) in [6, 6.07) is 6.45. The van der Waals surface area contributed by atoms with Crippen molar-refractivity contribution in [1.82, 2.24) is 0 Å². The molecule has 24 heavy (non-hydrogen) atoms. The molecule has 0 bridgehead atoms. The molecule has 0 fully saturated rings. The second kappa shape index (κ2) is 6.31. The molecule has 0 saturated carbocycles. The van der Waals surface area contributed by atoms with Crippen LogP contribution in [0.4, 0.5) is 0 Å². The molecular weight excluding hydrogens is 336 g/mol. The van der Waals surface area contributed by atoms with Crippen LogP contribution in [0.2, 0.25) is 0 Å². The van der Waals surface area contributed by atoms with Crippen molar-refractivity contribution in [2.45, 2.75) is 25.2 Å². The van der Waals surface area contributed by atoms with Crippen LogP contribution in [0.25, 0.3) is 6.08 Å². The minimum atomic E-state index is -0.0730. The maximum Gasteiger partial charge on any atom is 0.205 e. The minimum absolute atomic E-state index is 0.0730. The Balaban J connectivity index is 1.84. The lowest BCUT2D eigenvalue weighted by Crippen LogP contribution is -2.23. The highest BCUT2D eigenvalue weighted by molar-refractivity contribution is 7.08. The first kappa shape index (κ1) is 15.3. The van der Waals surface area contributed by atoms with Crippen LogP contribution in [0.1, 0.15) is 36.3 Å². The summed E-state index contributed by atoms with van der Waals surface area (Å²) in [5.74, 6) is 1.04. The van der Waals surface area contributed by atoms with E-state index in [0.717, 1.165) is 30.6 Å². The van der Waals surface area contributed by atoms with Gasteiger partial charge in [-0.15, -0.1) is 0 Å². The van der Waals surface area contributed by atoms with Gasteiger partial charge in [-0.1, -0.05) is 0 Å². The van der Waals surface area contributed by atoms with E-state index in [-0.39, 0.29) is 11.8 Å². The molecule has 3 heterocycles. The summed E-state index contributed by atoms with van der Waals surface area (Å²) in [4.78, 5) is 0. The van der Waals surface area contributed by atoms with Gasteiger partial charge in [0.05, 0.1) is 5.92 Å². The molecule has 2 N–H and O–H groups in total. The Kier molecular flexibility index (Phi) is 4.01. The van der Waals surface area contributed by atoms with E-state index >= 15 is 0 Å². The molecule has 0 spiro atoms. The lowest BCUT2D eigenvalue weighted by Gasteiger charge is -2.32. The van der Waals surface area contributed by atoms with E-state index in [4.69, 9.17) is 10.5 Å². The van der Waals surface area contributed by atoms with E-state index < -0.39 is 0 Å². The molecule has 120 valence electrons. The zero-order chi connectivity index (χ0) is 16.5. The Bertz CT molecular complexity index is 880. The molecule has 1 unspecified atom stereocenters. The normalized spacial score (nSPS) is 22.3. The van der Waals surface area contributed by atoms with Gasteiger partial charge in [0.1, 0.15) is 17.4 Å². The van der Waals surface area contributed by atoms with Gasteiger partial charge in [-0.3, -0.25) is 0 Å². The van der Waals surface area contributed by atoms with Crippen molar-refractivity contribution in [3.8, 4) is 6.07 Å². The van der Waals surface area contributed by atoms with Gasteiger partial charge in [-0.2, -0.15) is 27.9 Å². The molecule has 1 aliphatic heterocycles. The number of thiophene rings is 2. The van der Waals surface area contributed by atoms with Crippen LogP contribution in [0.15, 0.2) is 62.0 Å². The van der Waals surface area contributed by atoms with Gasteiger partial charge in [0.25, 0.3) is 0 Å². The fraction of sp³-hybridized carbons (Fsp3) is 0.211. The number of nitrogens with zero attached hydrogens (tertiary/aromatic N) is 1. The Morgan fingerprint density at radius 2 is 2.04 bits per heavy atom. The van der Waals surface area contributed by atoms with Gasteiger partial charge in [-0.05, 0) is 81.3 Å². The maximum absolute atomic E-state index is 9.59. The Labute approximate surface area is 149 Å². The zero-order valence-corrected chi connectivity index (χ0v) is 14.6. The Morgan fingerprint density at radius 3 is 2.75 bits per heavy atom. The van der Waals surface area contributed by atoms with E-state index in [0.29, 0.717) is 5.57 Å². The van der Waals surface area contributed by atoms with Gasteiger partial charge >= 0.3 is 0 Å².